The lowest BCUT2D eigenvalue weighted by Gasteiger charge is -2.05. The molecular weight excluding hydrogens is 234 g/mol. The van der Waals surface area contributed by atoms with Crippen LogP contribution >= 0.6 is 0 Å². The Morgan fingerprint density at radius 2 is 2.17 bits per heavy atom. The summed E-state index contributed by atoms with van der Waals surface area (Å²) in [6.07, 6.45) is 0. The quantitative estimate of drug-likeness (QED) is 0.895. The standard InChI is InChI=1S/C13H9NO4/c1-8-2-3-9(7-14)6-11(8)18-12-5-4-10(17-12)13(15)16/h2-6H,1H3,(H,15,16). The molecule has 0 bridgehead atoms. The van der Waals surface area contributed by atoms with Crippen LogP contribution in [0, 0.1) is 18.3 Å². The Morgan fingerprint density at radius 1 is 1.39 bits per heavy atom. The Balaban J connectivity index is 2.28. The Labute approximate surface area is 103 Å². The minimum Gasteiger partial charge on any atom is -0.475 e. The highest BCUT2D eigenvalue weighted by Crippen LogP contribution is 2.27. The van der Waals surface area contributed by atoms with Crippen molar-refractivity contribution in [3.63, 3.8) is 0 Å². The molecule has 1 heterocycles. The van der Waals surface area contributed by atoms with Gasteiger partial charge in [0.2, 0.25) is 5.76 Å². The van der Waals surface area contributed by atoms with Crippen LogP contribution in [0.25, 0.3) is 0 Å². The van der Waals surface area contributed by atoms with Gasteiger partial charge in [-0.15, -0.1) is 0 Å². The molecule has 0 atom stereocenters. The van der Waals surface area contributed by atoms with Crippen LogP contribution in [0.4, 0.5) is 0 Å². The summed E-state index contributed by atoms with van der Waals surface area (Å²) >= 11 is 0. The molecule has 2 aromatic rings. The fourth-order valence-electron chi connectivity index (χ4n) is 1.38. The van der Waals surface area contributed by atoms with Crippen LogP contribution in [0.2, 0.25) is 0 Å². The number of benzene rings is 1. The molecule has 0 saturated heterocycles. The van der Waals surface area contributed by atoms with Gasteiger partial charge >= 0.3 is 5.97 Å². The maximum absolute atomic E-state index is 10.6. The molecule has 0 saturated carbocycles. The van der Waals surface area contributed by atoms with E-state index in [-0.39, 0.29) is 11.7 Å². The van der Waals surface area contributed by atoms with Crippen molar-refractivity contribution >= 4 is 5.97 Å². The van der Waals surface area contributed by atoms with Crippen molar-refractivity contribution in [1.29, 1.82) is 5.26 Å². The number of ether oxygens (including phenoxy) is 1. The highest BCUT2D eigenvalue weighted by atomic mass is 16.6. The van der Waals surface area contributed by atoms with Gasteiger partial charge in [-0.25, -0.2) is 4.79 Å². The summed E-state index contributed by atoms with van der Waals surface area (Å²) < 4.78 is 10.4. The van der Waals surface area contributed by atoms with Crippen molar-refractivity contribution in [3.05, 3.63) is 47.2 Å². The van der Waals surface area contributed by atoms with E-state index in [1.165, 1.54) is 12.1 Å². The van der Waals surface area contributed by atoms with Crippen molar-refractivity contribution in [2.24, 2.45) is 0 Å². The van der Waals surface area contributed by atoms with E-state index in [2.05, 4.69) is 0 Å². The predicted molar refractivity (Wildman–Crippen MR) is 61.6 cm³/mol. The average molecular weight is 243 g/mol. The number of aromatic carboxylic acids is 1. The second-order valence-corrected chi connectivity index (χ2v) is 3.62. The second kappa shape index (κ2) is 4.63. The van der Waals surface area contributed by atoms with Gasteiger partial charge in [0, 0.05) is 6.07 Å². The maximum atomic E-state index is 10.6. The van der Waals surface area contributed by atoms with Gasteiger partial charge in [0.05, 0.1) is 11.6 Å². The summed E-state index contributed by atoms with van der Waals surface area (Å²) in [7, 11) is 0. The van der Waals surface area contributed by atoms with Gasteiger partial charge in [-0.05, 0) is 30.7 Å². The first-order valence-corrected chi connectivity index (χ1v) is 5.12. The SMILES string of the molecule is Cc1ccc(C#N)cc1Oc1ccc(C(=O)O)o1. The van der Waals surface area contributed by atoms with Crippen molar-refractivity contribution in [2.45, 2.75) is 6.92 Å². The van der Waals surface area contributed by atoms with Crippen LogP contribution in [0.5, 0.6) is 11.7 Å². The first-order valence-electron chi connectivity index (χ1n) is 5.12. The van der Waals surface area contributed by atoms with E-state index in [9.17, 15) is 4.79 Å². The van der Waals surface area contributed by atoms with E-state index in [0.717, 1.165) is 5.56 Å². The summed E-state index contributed by atoms with van der Waals surface area (Å²) in [6, 6.07) is 9.71. The molecule has 1 aromatic carbocycles. The predicted octanol–water partition coefficient (Wildman–Crippen LogP) is 2.95. The zero-order valence-electron chi connectivity index (χ0n) is 9.51. The number of carbonyl (C=O) groups is 1. The average Bonchev–Trinajstić information content (AvgIpc) is 2.81. The third-order valence-electron chi connectivity index (χ3n) is 2.32. The largest absolute Gasteiger partial charge is 0.475 e. The number of rotatable bonds is 3. The first kappa shape index (κ1) is 11.7. The Hall–Kier alpha value is -2.74. The van der Waals surface area contributed by atoms with Gasteiger partial charge in [-0.3, -0.25) is 0 Å². The summed E-state index contributed by atoms with van der Waals surface area (Å²) in [4.78, 5) is 10.6. The molecule has 1 N–H and O–H groups in total. The number of nitrogens with zero attached hydrogens (tertiary/aromatic N) is 1. The molecule has 2 rings (SSSR count). The molecule has 0 aliphatic carbocycles. The minimum atomic E-state index is -1.16. The Kier molecular flexibility index (Phi) is 3.02. The zero-order chi connectivity index (χ0) is 13.1. The van der Waals surface area contributed by atoms with E-state index in [4.69, 9.17) is 19.5 Å². The normalized spacial score (nSPS) is 9.78. The molecule has 0 spiro atoms. The topological polar surface area (TPSA) is 83.5 Å². The molecule has 5 heteroatoms. The minimum absolute atomic E-state index is 0.0746. The molecular formula is C13H9NO4. The number of aryl methyl sites for hydroxylation is 1. The Bertz CT molecular complexity index is 637. The number of carboxylic acid groups (broad SMARTS) is 1. The molecule has 0 unspecified atom stereocenters. The van der Waals surface area contributed by atoms with Gasteiger partial charge in [-0.2, -0.15) is 5.26 Å². The summed E-state index contributed by atoms with van der Waals surface area (Å²) in [5.74, 6) is -0.822. The molecule has 5 nitrogen and oxygen atoms in total. The van der Waals surface area contributed by atoms with Crippen molar-refractivity contribution < 1.29 is 19.1 Å². The smallest absolute Gasteiger partial charge is 0.371 e. The zero-order valence-corrected chi connectivity index (χ0v) is 9.51. The maximum Gasteiger partial charge on any atom is 0.371 e. The number of carboxylic acids is 1. The van der Waals surface area contributed by atoms with Gasteiger partial charge in [-0.1, -0.05) is 6.07 Å². The van der Waals surface area contributed by atoms with Gasteiger partial charge < -0.3 is 14.3 Å². The van der Waals surface area contributed by atoms with Crippen LogP contribution < -0.4 is 4.74 Å². The van der Waals surface area contributed by atoms with Crippen LogP contribution in [-0.4, -0.2) is 11.1 Å². The van der Waals surface area contributed by atoms with Crippen LogP contribution in [0.3, 0.4) is 0 Å². The summed E-state index contributed by atoms with van der Waals surface area (Å²) in [5, 5.41) is 17.5. The molecule has 1 aromatic heterocycles. The fourth-order valence-corrected chi connectivity index (χ4v) is 1.38. The van der Waals surface area contributed by atoms with Gasteiger partial charge in [0.15, 0.2) is 0 Å². The van der Waals surface area contributed by atoms with E-state index in [1.54, 1.807) is 18.2 Å². The van der Waals surface area contributed by atoms with Crippen molar-refractivity contribution in [1.82, 2.24) is 0 Å². The highest BCUT2D eigenvalue weighted by Gasteiger charge is 2.11. The highest BCUT2D eigenvalue weighted by molar-refractivity contribution is 5.84. The van der Waals surface area contributed by atoms with E-state index in [0.29, 0.717) is 11.3 Å². The number of nitriles is 1. The monoisotopic (exact) mass is 243 g/mol. The summed E-state index contributed by atoms with van der Waals surface area (Å²) in [5.41, 5.74) is 1.28. The lowest BCUT2D eigenvalue weighted by atomic mass is 10.1. The second-order valence-electron chi connectivity index (χ2n) is 3.62. The third kappa shape index (κ3) is 2.33. The molecule has 0 aliphatic rings. The van der Waals surface area contributed by atoms with Crippen LogP contribution in [0.15, 0.2) is 34.7 Å². The number of hydrogen-bond donors (Lipinski definition) is 1. The molecule has 0 amide bonds. The Morgan fingerprint density at radius 3 is 2.78 bits per heavy atom. The lowest BCUT2D eigenvalue weighted by Crippen LogP contribution is -1.92. The van der Waals surface area contributed by atoms with Crippen molar-refractivity contribution in [2.75, 3.05) is 0 Å². The van der Waals surface area contributed by atoms with E-state index < -0.39 is 5.97 Å². The van der Waals surface area contributed by atoms with Crippen LogP contribution in [0.1, 0.15) is 21.7 Å². The van der Waals surface area contributed by atoms with E-state index >= 15 is 0 Å². The molecule has 18 heavy (non-hydrogen) atoms. The lowest BCUT2D eigenvalue weighted by molar-refractivity contribution is 0.0657. The molecule has 0 fully saturated rings. The molecule has 0 radical (unpaired) electrons. The number of hydrogen-bond acceptors (Lipinski definition) is 4. The summed E-state index contributed by atoms with van der Waals surface area (Å²) in [6.45, 7) is 1.82. The van der Waals surface area contributed by atoms with E-state index in [1.807, 2.05) is 13.0 Å². The number of furan rings is 1. The fraction of sp³-hybridized carbons (Fsp3) is 0.0769. The van der Waals surface area contributed by atoms with Crippen molar-refractivity contribution in [3.8, 4) is 17.8 Å². The van der Waals surface area contributed by atoms with Gasteiger partial charge in [0.25, 0.3) is 5.95 Å². The molecule has 90 valence electrons. The third-order valence-corrected chi connectivity index (χ3v) is 2.32. The first-order chi connectivity index (χ1) is 8.60. The van der Waals surface area contributed by atoms with Crippen LogP contribution in [-0.2, 0) is 0 Å². The van der Waals surface area contributed by atoms with Gasteiger partial charge in [0.1, 0.15) is 5.75 Å². The molecule has 0 aliphatic heterocycles.